The molecular weight excluding hydrogens is 340 g/mol. The number of carbonyl (C=O) groups is 2. The maximum Gasteiger partial charge on any atom is 0.336 e. The van der Waals surface area contributed by atoms with Crippen LogP contribution in [0.25, 0.3) is 22.6 Å². The lowest BCUT2D eigenvalue weighted by atomic mass is 10.0. The number of nitrogens with one attached hydrogen (secondary N) is 1. The molecule has 0 radical (unpaired) electrons. The fourth-order valence-electron chi connectivity index (χ4n) is 3.60. The van der Waals surface area contributed by atoms with E-state index in [0.29, 0.717) is 28.5 Å². The zero-order valence-corrected chi connectivity index (χ0v) is 14.8. The summed E-state index contributed by atoms with van der Waals surface area (Å²) in [7, 11) is 1.60. The summed E-state index contributed by atoms with van der Waals surface area (Å²) in [4.78, 5) is 28.3. The summed E-state index contributed by atoms with van der Waals surface area (Å²) in [6.07, 6.45) is 3.43. The first-order valence-electron chi connectivity index (χ1n) is 8.76. The number of aromatic nitrogens is 1. The Kier molecular flexibility index (Phi) is 4.20. The number of benzene rings is 2. The third kappa shape index (κ3) is 2.97. The minimum atomic E-state index is -0.916. The van der Waals surface area contributed by atoms with Crippen LogP contribution >= 0.6 is 0 Å². The molecule has 3 aromatic rings. The van der Waals surface area contributed by atoms with Gasteiger partial charge in [0.15, 0.2) is 0 Å². The standard InChI is InChI=1S/C22H18N2O3/c1-23-21(25)14-8-6-13(7-9-14)12-15-10-11-17-19(22(26)27)16-4-2-3-5-18(16)24-20(15)17/h2-9,12H,10-11H2,1H3,(H,23,25)(H,26,27)/b15-12-. The van der Waals surface area contributed by atoms with Crippen molar-refractivity contribution in [1.82, 2.24) is 10.3 Å². The summed E-state index contributed by atoms with van der Waals surface area (Å²) in [6.45, 7) is 0. The van der Waals surface area contributed by atoms with E-state index in [-0.39, 0.29) is 5.91 Å². The number of aromatic carboxylic acids is 1. The first-order chi connectivity index (χ1) is 13.1. The summed E-state index contributed by atoms with van der Waals surface area (Å²) in [5.74, 6) is -1.04. The molecule has 0 bridgehead atoms. The van der Waals surface area contributed by atoms with Gasteiger partial charge in [0.05, 0.1) is 16.8 Å². The summed E-state index contributed by atoms with van der Waals surface area (Å²) < 4.78 is 0. The largest absolute Gasteiger partial charge is 0.478 e. The van der Waals surface area contributed by atoms with Crippen molar-refractivity contribution < 1.29 is 14.7 Å². The van der Waals surface area contributed by atoms with Gasteiger partial charge in [0, 0.05) is 18.0 Å². The maximum absolute atomic E-state index is 11.9. The normalized spacial score (nSPS) is 14.3. The van der Waals surface area contributed by atoms with Gasteiger partial charge < -0.3 is 10.4 Å². The highest BCUT2D eigenvalue weighted by molar-refractivity contribution is 6.06. The number of allylic oxidation sites excluding steroid dienone is 1. The van der Waals surface area contributed by atoms with Gasteiger partial charge in [0.2, 0.25) is 0 Å². The lowest BCUT2D eigenvalue weighted by Gasteiger charge is -2.09. The molecule has 5 heteroatoms. The Morgan fingerprint density at radius 1 is 1.07 bits per heavy atom. The predicted octanol–water partition coefficient (Wildman–Crippen LogP) is 3.78. The highest BCUT2D eigenvalue weighted by atomic mass is 16.4. The molecule has 2 aromatic carbocycles. The second kappa shape index (κ2) is 6.68. The number of carbonyl (C=O) groups excluding carboxylic acids is 1. The number of fused-ring (bicyclic) bond motifs is 2. The Hall–Kier alpha value is -3.47. The molecule has 0 fully saturated rings. The van der Waals surface area contributed by atoms with Gasteiger partial charge in [-0.05, 0) is 53.8 Å². The molecule has 1 heterocycles. The number of pyridine rings is 1. The molecule has 0 saturated carbocycles. The summed E-state index contributed by atoms with van der Waals surface area (Å²) in [5, 5.41) is 13.0. The molecular formula is C22H18N2O3. The van der Waals surface area contributed by atoms with Gasteiger partial charge in [0.25, 0.3) is 5.91 Å². The van der Waals surface area contributed by atoms with E-state index in [1.54, 1.807) is 19.2 Å². The Balaban J connectivity index is 1.80. The average Bonchev–Trinajstić information content (AvgIpc) is 3.08. The number of amides is 1. The van der Waals surface area contributed by atoms with Crippen LogP contribution in [-0.4, -0.2) is 29.0 Å². The molecule has 134 valence electrons. The molecule has 5 nitrogen and oxygen atoms in total. The van der Waals surface area contributed by atoms with Crippen molar-refractivity contribution in [3.05, 3.63) is 76.5 Å². The average molecular weight is 358 g/mol. The highest BCUT2D eigenvalue weighted by Crippen LogP contribution is 2.37. The molecule has 0 spiro atoms. The molecule has 0 aliphatic heterocycles. The minimum Gasteiger partial charge on any atom is -0.478 e. The van der Waals surface area contributed by atoms with Crippen LogP contribution in [-0.2, 0) is 6.42 Å². The van der Waals surface area contributed by atoms with Crippen LogP contribution in [0.2, 0.25) is 0 Å². The predicted molar refractivity (Wildman–Crippen MR) is 105 cm³/mol. The maximum atomic E-state index is 11.9. The zero-order valence-electron chi connectivity index (χ0n) is 14.8. The Morgan fingerprint density at radius 2 is 1.81 bits per heavy atom. The number of nitrogens with zero attached hydrogens (tertiary/aromatic N) is 1. The van der Waals surface area contributed by atoms with Crippen LogP contribution < -0.4 is 5.32 Å². The van der Waals surface area contributed by atoms with E-state index in [1.165, 1.54) is 0 Å². The fourth-order valence-corrected chi connectivity index (χ4v) is 3.60. The number of hydrogen-bond donors (Lipinski definition) is 2. The first kappa shape index (κ1) is 17.0. The Morgan fingerprint density at radius 3 is 2.52 bits per heavy atom. The van der Waals surface area contributed by atoms with Crippen molar-refractivity contribution in [3.63, 3.8) is 0 Å². The van der Waals surface area contributed by atoms with E-state index in [4.69, 9.17) is 4.98 Å². The minimum absolute atomic E-state index is 0.125. The number of carboxylic acids is 1. The molecule has 1 aliphatic rings. The molecule has 0 atom stereocenters. The summed E-state index contributed by atoms with van der Waals surface area (Å²) >= 11 is 0. The number of carboxylic acid groups (broad SMARTS) is 1. The third-order valence-electron chi connectivity index (χ3n) is 4.90. The topological polar surface area (TPSA) is 79.3 Å². The quantitative estimate of drug-likeness (QED) is 0.747. The molecule has 2 N–H and O–H groups in total. The van der Waals surface area contributed by atoms with E-state index in [0.717, 1.165) is 28.8 Å². The SMILES string of the molecule is CNC(=O)c1ccc(/C=C2/CCc3c2nc2ccccc2c3C(=O)O)cc1. The van der Waals surface area contributed by atoms with Crippen molar-refractivity contribution in [1.29, 1.82) is 0 Å². The lowest BCUT2D eigenvalue weighted by Crippen LogP contribution is -2.17. The van der Waals surface area contributed by atoms with Gasteiger partial charge in [-0.1, -0.05) is 30.3 Å². The monoisotopic (exact) mass is 358 g/mol. The molecule has 1 amide bonds. The van der Waals surface area contributed by atoms with Crippen LogP contribution in [0.4, 0.5) is 0 Å². The molecule has 0 saturated heterocycles. The van der Waals surface area contributed by atoms with E-state index in [2.05, 4.69) is 5.32 Å². The Bertz CT molecular complexity index is 1100. The molecule has 0 unspecified atom stereocenters. The number of hydrogen-bond acceptors (Lipinski definition) is 3. The van der Waals surface area contributed by atoms with E-state index in [9.17, 15) is 14.7 Å². The van der Waals surface area contributed by atoms with Gasteiger partial charge in [0.1, 0.15) is 0 Å². The second-order valence-corrected chi connectivity index (χ2v) is 6.51. The van der Waals surface area contributed by atoms with Crippen LogP contribution in [0.1, 0.15) is 44.0 Å². The zero-order chi connectivity index (χ0) is 19.0. The van der Waals surface area contributed by atoms with E-state index >= 15 is 0 Å². The van der Waals surface area contributed by atoms with Crippen molar-refractivity contribution in [2.75, 3.05) is 7.05 Å². The van der Waals surface area contributed by atoms with Crippen LogP contribution in [0.5, 0.6) is 0 Å². The molecule has 27 heavy (non-hydrogen) atoms. The molecule has 4 rings (SSSR count). The summed E-state index contributed by atoms with van der Waals surface area (Å²) in [5.41, 5.74) is 5.19. The van der Waals surface area contributed by atoms with Crippen molar-refractivity contribution in [3.8, 4) is 0 Å². The summed E-state index contributed by atoms with van der Waals surface area (Å²) in [6, 6.07) is 14.7. The van der Waals surface area contributed by atoms with Gasteiger partial charge >= 0.3 is 5.97 Å². The van der Waals surface area contributed by atoms with Crippen molar-refractivity contribution in [2.45, 2.75) is 12.8 Å². The van der Waals surface area contributed by atoms with Crippen LogP contribution in [0.3, 0.4) is 0 Å². The van der Waals surface area contributed by atoms with Crippen LogP contribution in [0.15, 0.2) is 48.5 Å². The van der Waals surface area contributed by atoms with Crippen molar-refractivity contribution >= 4 is 34.4 Å². The van der Waals surface area contributed by atoms with Gasteiger partial charge in [-0.3, -0.25) is 4.79 Å². The van der Waals surface area contributed by atoms with Crippen molar-refractivity contribution in [2.24, 2.45) is 0 Å². The molecule has 1 aliphatic carbocycles. The number of rotatable bonds is 3. The molecule has 1 aromatic heterocycles. The van der Waals surface area contributed by atoms with Crippen LogP contribution in [0, 0.1) is 0 Å². The lowest BCUT2D eigenvalue weighted by molar-refractivity contribution is 0.0697. The second-order valence-electron chi connectivity index (χ2n) is 6.51. The Labute approximate surface area is 156 Å². The fraction of sp³-hybridized carbons (Fsp3) is 0.136. The third-order valence-corrected chi connectivity index (χ3v) is 4.90. The van der Waals surface area contributed by atoms with E-state index < -0.39 is 5.97 Å². The van der Waals surface area contributed by atoms with E-state index in [1.807, 2.05) is 42.5 Å². The van der Waals surface area contributed by atoms with Gasteiger partial charge in [-0.25, -0.2) is 9.78 Å². The van der Waals surface area contributed by atoms with Gasteiger partial charge in [-0.2, -0.15) is 0 Å². The highest BCUT2D eigenvalue weighted by Gasteiger charge is 2.26. The number of para-hydroxylation sites is 1. The first-order valence-corrected chi connectivity index (χ1v) is 8.76. The van der Waals surface area contributed by atoms with Gasteiger partial charge in [-0.15, -0.1) is 0 Å². The smallest absolute Gasteiger partial charge is 0.336 e.